The van der Waals surface area contributed by atoms with Crippen molar-refractivity contribution in [3.63, 3.8) is 0 Å². The second kappa shape index (κ2) is 5.17. The van der Waals surface area contributed by atoms with Crippen LogP contribution in [0.25, 0.3) is 0 Å². The van der Waals surface area contributed by atoms with Crippen molar-refractivity contribution >= 4 is 0 Å². The quantitative estimate of drug-likeness (QED) is 0.914. The lowest BCUT2D eigenvalue weighted by molar-refractivity contribution is 0.423. The Morgan fingerprint density at radius 2 is 2.00 bits per heavy atom. The SMILES string of the molecule is Cc1nn(Cc2cnn(C)c2)cc1CNC(C)(C)C. The zero-order valence-corrected chi connectivity index (χ0v) is 12.4. The molecule has 2 aromatic rings. The third-order valence-corrected chi connectivity index (χ3v) is 2.96. The first-order valence-electron chi connectivity index (χ1n) is 6.59. The van der Waals surface area contributed by atoms with Crippen molar-refractivity contribution in [1.82, 2.24) is 24.9 Å². The number of nitrogens with one attached hydrogen (secondary N) is 1. The van der Waals surface area contributed by atoms with E-state index in [1.54, 1.807) is 0 Å². The summed E-state index contributed by atoms with van der Waals surface area (Å²) in [4.78, 5) is 0. The number of aryl methyl sites for hydroxylation is 2. The summed E-state index contributed by atoms with van der Waals surface area (Å²) in [7, 11) is 1.93. The van der Waals surface area contributed by atoms with Crippen LogP contribution in [0.2, 0.25) is 0 Å². The topological polar surface area (TPSA) is 47.7 Å². The van der Waals surface area contributed by atoms with Gasteiger partial charge in [-0.3, -0.25) is 9.36 Å². The minimum atomic E-state index is 0.123. The Labute approximate surface area is 114 Å². The number of aromatic nitrogens is 4. The summed E-state index contributed by atoms with van der Waals surface area (Å²) >= 11 is 0. The highest BCUT2D eigenvalue weighted by Gasteiger charge is 2.11. The standard InChI is InChI=1S/C14H23N5/c1-11-13(7-15-14(2,3)4)10-19(17-11)9-12-6-16-18(5)8-12/h6,8,10,15H,7,9H2,1-5H3. The fourth-order valence-corrected chi connectivity index (χ4v) is 1.91. The second-order valence-electron chi connectivity index (χ2n) is 6.06. The van der Waals surface area contributed by atoms with E-state index in [2.05, 4.69) is 49.4 Å². The van der Waals surface area contributed by atoms with Gasteiger partial charge in [-0.2, -0.15) is 10.2 Å². The summed E-state index contributed by atoms with van der Waals surface area (Å²) in [6.07, 6.45) is 6.01. The largest absolute Gasteiger partial charge is 0.308 e. The lowest BCUT2D eigenvalue weighted by atomic mass is 10.1. The van der Waals surface area contributed by atoms with Gasteiger partial charge in [0.05, 0.1) is 18.4 Å². The first-order valence-corrected chi connectivity index (χ1v) is 6.59. The van der Waals surface area contributed by atoms with Gasteiger partial charge in [-0.25, -0.2) is 0 Å². The molecule has 0 amide bonds. The van der Waals surface area contributed by atoms with Crippen LogP contribution in [0.15, 0.2) is 18.6 Å². The summed E-state index contributed by atoms with van der Waals surface area (Å²) in [5.74, 6) is 0. The van der Waals surface area contributed by atoms with Gasteiger partial charge in [0.2, 0.25) is 0 Å². The predicted octanol–water partition coefficient (Wildman–Crippen LogP) is 1.86. The monoisotopic (exact) mass is 261 g/mol. The van der Waals surface area contributed by atoms with Crippen LogP contribution in [0, 0.1) is 6.92 Å². The summed E-state index contributed by atoms with van der Waals surface area (Å²) in [6, 6.07) is 0. The van der Waals surface area contributed by atoms with Crippen molar-refractivity contribution in [3.05, 3.63) is 35.4 Å². The summed E-state index contributed by atoms with van der Waals surface area (Å²) in [5, 5.41) is 12.2. The fourth-order valence-electron chi connectivity index (χ4n) is 1.91. The molecule has 19 heavy (non-hydrogen) atoms. The molecule has 5 heteroatoms. The summed E-state index contributed by atoms with van der Waals surface area (Å²) in [6.45, 7) is 10.2. The van der Waals surface area contributed by atoms with Crippen LogP contribution in [-0.4, -0.2) is 25.1 Å². The molecule has 1 N–H and O–H groups in total. The Kier molecular flexibility index (Phi) is 3.75. The molecule has 0 bridgehead atoms. The molecule has 0 atom stereocenters. The van der Waals surface area contributed by atoms with Gasteiger partial charge in [0.25, 0.3) is 0 Å². The highest BCUT2D eigenvalue weighted by Crippen LogP contribution is 2.10. The lowest BCUT2D eigenvalue weighted by Crippen LogP contribution is -2.35. The number of nitrogens with zero attached hydrogens (tertiary/aromatic N) is 4. The van der Waals surface area contributed by atoms with E-state index in [0.717, 1.165) is 18.8 Å². The van der Waals surface area contributed by atoms with E-state index >= 15 is 0 Å². The van der Waals surface area contributed by atoms with Gasteiger partial charge in [-0.05, 0) is 27.7 Å². The zero-order valence-electron chi connectivity index (χ0n) is 12.4. The molecule has 0 saturated heterocycles. The van der Waals surface area contributed by atoms with E-state index in [4.69, 9.17) is 0 Å². The molecule has 2 heterocycles. The van der Waals surface area contributed by atoms with E-state index in [-0.39, 0.29) is 5.54 Å². The number of hydrogen-bond donors (Lipinski definition) is 1. The van der Waals surface area contributed by atoms with Crippen molar-refractivity contribution in [2.24, 2.45) is 7.05 Å². The van der Waals surface area contributed by atoms with Gasteiger partial charge >= 0.3 is 0 Å². The predicted molar refractivity (Wildman–Crippen MR) is 75.9 cm³/mol. The molecule has 0 aromatic carbocycles. The Morgan fingerprint density at radius 1 is 1.26 bits per heavy atom. The number of hydrogen-bond acceptors (Lipinski definition) is 3. The molecule has 2 rings (SSSR count). The molecule has 0 fully saturated rings. The normalized spacial score (nSPS) is 12.1. The molecule has 0 spiro atoms. The minimum Gasteiger partial charge on any atom is -0.308 e. The molecule has 104 valence electrons. The van der Waals surface area contributed by atoms with Crippen LogP contribution in [0.4, 0.5) is 0 Å². The molecular weight excluding hydrogens is 238 g/mol. The Balaban J connectivity index is 2.04. The van der Waals surface area contributed by atoms with E-state index in [9.17, 15) is 0 Å². The van der Waals surface area contributed by atoms with Gasteiger partial charge < -0.3 is 5.32 Å². The highest BCUT2D eigenvalue weighted by atomic mass is 15.3. The van der Waals surface area contributed by atoms with E-state index in [1.807, 2.05) is 28.8 Å². The van der Waals surface area contributed by atoms with Crippen molar-refractivity contribution < 1.29 is 0 Å². The van der Waals surface area contributed by atoms with Crippen LogP contribution in [0.5, 0.6) is 0 Å². The molecule has 0 aliphatic rings. The van der Waals surface area contributed by atoms with Gasteiger partial charge in [-0.15, -0.1) is 0 Å². The van der Waals surface area contributed by atoms with Crippen molar-refractivity contribution in [2.45, 2.75) is 46.3 Å². The maximum atomic E-state index is 4.56. The van der Waals surface area contributed by atoms with Gasteiger partial charge in [0, 0.05) is 42.7 Å². The summed E-state index contributed by atoms with van der Waals surface area (Å²) < 4.78 is 3.79. The molecule has 0 aliphatic carbocycles. The molecule has 0 radical (unpaired) electrons. The van der Waals surface area contributed by atoms with Crippen molar-refractivity contribution in [1.29, 1.82) is 0 Å². The molecule has 2 aromatic heterocycles. The first-order chi connectivity index (χ1) is 8.83. The third-order valence-electron chi connectivity index (χ3n) is 2.96. The van der Waals surface area contributed by atoms with Gasteiger partial charge in [-0.1, -0.05) is 0 Å². The van der Waals surface area contributed by atoms with E-state index in [1.165, 1.54) is 11.1 Å². The Hall–Kier alpha value is -1.62. The molecular formula is C14H23N5. The van der Waals surface area contributed by atoms with Crippen molar-refractivity contribution in [3.8, 4) is 0 Å². The number of rotatable bonds is 4. The van der Waals surface area contributed by atoms with Crippen LogP contribution < -0.4 is 5.32 Å². The molecule has 0 aliphatic heterocycles. The molecule has 5 nitrogen and oxygen atoms in total. The fraction of sp³-hybridized carbons (Fsp3) is 0.571. The average Bonchev–Trinajstić information content (AvgIpc) is 2.82. The lowest BCUT2D eigenvalue weighted by Gasteiger charge is -2.20. The second-order valence-corrected chi connectivity index (χ2v) is 6.06. The Morgan fingerprint density at radius 3 is 2.58 bits per heavy atom. The van der Waals surface area contributed by atoms with Crippen LogP contribution in [-0.2, 0) is 20.1 Å². The summed E-state index contributed by atoms with van der Waals surface area (Å²) in [5.41, 5.74) is 3.62. The third kappa shape index (κ3) is 3.92. The molecule has 0 saturated carbocycles. The van der Waals surface area contributed by atoms with Crippen LogP contribution in [0.1, 0.15) is 37.6 Å². The van der Waals surface area contributed by atoms with Crippen LogP contribution >= 0.6 is 0 Å². The Bertz CT molecular complexity index is 544. The van der Waals surface area contributed by atoms with Crippen LogP contribution in [0.3, 0.4) is 0 Å². The highest BCUT2D eigenvalue weighted by molar-refractivity contribution is 5.16. The van der Waals surface area contributed by atoms with E-state index in [0.29, 0.717) is 0 Å². The van der Waals surface area contributed by atoms with Gasteiger partial charge in [0.1, 0.15) is 0 Å². The average molecular weight is 261 g/mol. The first kappa shape index (κ1) is 13.8. The maximum Gasteiger partial charge on any atom is 0.0690 e. The maximum absolute atomic E-state index is 4.56. The minimum absolute atomic E-state index is 0.123. The smallest absolute Gasteiger partial charge is 0.0690 e. The van der Waals surface area contributed by atoms with Gasteiger partial charge in [0.15, 0.2) is 0 Å². The zero-order chi connectivity index (χ0) is 14.0. The van der Waals surface area contributed by atoms with E-state index < -0.39 is 0 Å². The van der Waals surface area contributed by atoms with Crippen molar-refractivity contribution in [2.75, 3.05) is 0 Å². The molecule has 0 unspecified atom stereocenters.